The third-order valence-corrected chi connectivity index (χ3v) is 3.03. The van der Waals surface area contributed by atoms with Crippen LogP contribution in [0.25, 0.3) is 0 Å². The van der Waals surface area contributed by atoms with E-state index >= 15 is 0 Å². The van der Waals surface area contributed by atoms with E-state index in [0.29, 0.717) is 0 Å². The lowest BCUT2D eigenvalue weighted by Gasteiger charge is -2.14. The third-order valence-electron chi connectivity index (χ3n) is 3.03. The molecule has 0 aliphatic carbocycles. The number of anilines is 2. The lowest BCUT2D eigenvalue weighted by atomic mass is 10.1. The molecule has 2 aromatic rings. The summed E-state index contributed by atoms with van der Waals surface area (Å²) in [5.74, 6) is 0. The molecule has 0 aliphatic rings. The van der Waals surface area contributed by atoms with Gasteiger partial charge in [0.05, 0.1) is 28.1 Å². The first-order valence-corrected chi connectivity index (χ1v) is 6.54. The van der Waals surface area contributed by atoms with E-state index in [4.69, 9.17) is 10.5 Å². The monoisotopic (exact) mass is 330 g/mol. The van der Waals surface area contributed by atoms with Crippen molar-refractivity contribution in [2.24, 2.45) is 0 Å². The second-order valence-electron chi connectivity index (χ2n) is 4.57. The highest BCUT2D eigenvalue weighted by Crippen LogP contribution is 2.34. The minimum absolute atomic E-state index is 0.0264. The number of hydrogen-bond acceptors (Lipinski definition) is 3. The van der Waals surface area contributed by atoms with Crippen molar-refractivity contribution < 1.29 is 18.0 Å². The number of para-hydroxylation sites is 1. The number of nitrogens with one attached hydrogen (secondary N) is 2. The Balaban J connectivity index is 2.26. The van der Waals surface area contributed by atoms with Crippen molar-refractivity contribution in [2.75, 3.05) is 10.6 Å². The maximum Gasteiger partial charge on any atom is 0.418 e. The zero-order chi connectivity index (χ0) is 17.7. The Morgan fingerprint density at radius 2 is 1.54 bits per heavy atom. The minimum atomic E-state index is -4.62. The van der Waals surface area contributed by atoms with Crippen molar-refractivity contribution in [3.63, 3.8) is 0 Å². The van der Waals surface area contributed by atoms with Gasteiger partial charge in [0.1, 0.15) is 12.1 Å². The van der Waals surface area contributed by atoms with Gasteiger partial charge in [-0.15, -0.1) is 0 Å². The highest BCUT2D eigenvalue weighted by atomic mass is 19.4. The molecule has 120 valence electrons. The fourth-order valence-corrected chi connectivity index (χ4v) is 1.99. The fraction of sp³-hybridized carbons (Fsp3) is 0.0625. The van der Waals surface area contributed by atoms with Gasteiger partial charge in [-0.2, -0.15) is 23.7 Å². The molecular weight excluding hydrogens is 321 g/mol. The van der Waals surface area contributed by atoms with Gasteiger partial charge < -0.3 is 10.6 Å². The number of carbonyl (C=O) groups excluding carboxylic acids is 1. The summed E-state index contributed by atoms with van der Waals surface area (Å²) in [6.07, 6.45) is -4.62. The smallest absolute Gasteiger partial charge is 0.307 e. The Labute approximate surface area is 134 Å². The molecule has 0 aliphatic heterocycles. The number of nitriles is 2. The molecule has 0 unspecified atom stereocenters. The molecule has 0 heterocycles. The van der Waals surface area contributed by atoms with Crippen LogP contribution in [0.5, 0.6) is 0 Å². The lowest BCUT2D eigenvalue weighted by Crippen LogP contribution is -2.22. The Morgan fingerprint density at radius 1 is 0.917 bits per heavy atom. The maximum absolute atomic E-state index is 12.9. The van der Waals surface area contributed by atoms with Gasteiger partial charge in [0, 0.05) is 0 Å². The largest absolute Gasteiger partial charge is 0.418 e. The van der Waals surface area contributed by atoms with Gasteiger partial charge in [-0.1, -0.05) is 18.2 Å². The van der Waals surface area contributed by atoms with E-state index in [-0.39, 0.29) is 16.8 Å². The number of hydrogen-bond donors (Lipinski definition) is 2. The van der Waals surface area contributed by atoms with Gasteiger partial charge in [0.25, 0.3) is 0 Å². The van der Waals surface area contributed by atoms with E-state index in [1.54, 1.807) is 12.1 Å². The normalized spacial score (nSPS) is 10.4. The Bertz CT molecular complexity index is 863. The molecule has 0 spiro atoms. The number of amides is 2. The van der Waals surface area contributed by atoms with Crippen LogP contribution in [-0.2, 0) is 6.18 Å². The molecule has 0 bridgehead atoms. The van der Waals surface area contributed by atoms with Crippen molar-refractivity contribution >= 4 is 17.4 Å². The Kier molecular flexibility index (Phi) is 4.71. The predicted molar refractivity (Wildman–Crippen MR) is 80.0 cm³/mol. The summed E-state index contributed by atoms with van der Waals surface area (Å²) in [7, 11) is 0. The standard InChI is InChI=1S/C16H9F3N4O/c17-16(18,19)12-5-1-2-6-14(12)23-15(24)22-13-7-3-4-10(8-20)11(13)9-21/h1-7H,(H2,22,23,24). The molecule has 0 saturated heterocycles. The summed E-state index contributed by atoms with van der Waals surface area (Å²) < 4.78 is 38.7. The molecule has 5 nitrogen and oxygen atoms in total. The summed E-state index contributed by atoms with van der Waals surface area (Å²) in [4.78, 5) is 11.9. The summed E-state index contributed by atoms with van der Waals surface area (Å²) >= 11 is 0. The molecule has 8 heteroatoms. The first kappa shape index (κ1) is 16.8. The molecule has 2 amide bonds. The number of carbonyl (C=O) groups is 1. The average molecular weight is 330 g/mol. The summed E-state index contributed by atoms with van der Waals surface area (Å²) in [6, 6.07) is 11.3. The average Bonchev–Trinajstić information content (AvgIpc) is 2.54. The van der Waals surface area contributed by atoms with Crippen molar-refractivity contribution in [1.29, 1.82) is 10.5 Å². The van der Waals surface area contributed by atoms with Crippen molar-refractivity contribution in [2.45, 2.75) is 6.18 Å². The fourth-order valence-electron chi connectivity index (χ4n) is 1.99. The number of rotatable bonds is 2. The number of halogens is 3. The van der Waals surface area contributed by atoms with E-state index in [1.165, 1.54) is 30.3 Å². The van der Waals surface area contributed by atoms with Crippen LogP contribution in [0.15, 0.2) is 42.5 Å². The molecule has 0 fully saturated rings. The molecule has 2 N–H and O–H groups in total. The molecule has 0 aromatic heterocycles. The highest BCUT2D eigenvalue weighted by molar-refractivity contribution is 6.01. The molecule has 24 heavy (non-hydrogen) atoms. The van der Waals surface area contributed by atoms with Crippen molar-refractivity contribution in [3.05, 3.63) is 59.2 Å². The van der Waals surface area contributed by atoms with E-state index in [2.05, 4.69) is 10.6 Å². The van der Waals surface area contributed by atoms with Crippen LogP contribution in [0.4, 0.5) is 29.3 Å². The van der Waals surface area contributed by atoms with Crippen LogP contribution >= 0.6 is 0 Å². The van der Waals surface area contributed by atoms with E-state index < -0.39 is 23.5 Å². The SMILES string of the molecule is N#Cc1cccc(NC(=O)Nc2ccccc2C(F)(F)F)c1C#N. The zero-order valence-corrected chi connectivity index (χ0v) is 12.0. The zero-order valence-electron chi connectivity index (χ0n) is 12.0. The summed E-state index contributed by atoms with van der Waals surface area (Å²) in [6.45, 7) is 0. The van der Waals surface area contributed by atoms with Gasteiger partial charge >= 0.3 is 12.2 Å². The van der Waals surface area contributed by atoms with Crippen LogP contribution in [-0.4, -0.2) is 6.03 Å². The van der Waals surface area contributed by atoms with E-state index in [0.717, 1.165) is 12.1 Å². The van der Waals surface area contributed by atoms with Crippen molar-refractivity contribution in [3.8, 4) is 12.1 Å². The summed E-state index contributed by atoms with van der Waals surface area (Å²) in [5.41, 5.74) is -1.41. The van der Waals surface area contributed by atoms with Crippen LogP contribution < -0.4 is 10.6 Å². The van der Waals surface area contributed by atoms with Gasteiger partial charge in [0.15, 0.2) is 0 Å². The van der Waals surface area contributed by atoms with Crippen LogP contribution in [0.2, 0.25) is 0 Å². The molecule has 0 radical (unpaired) electrons. The topological polar surface area (TPSA) is 88.7 Å². The lowest BCUT2D eigenvalue weighted by molar-refractivity contribution is -0.136. The first-order valence-electron chi connectivity index (χ1n) is 6.54. The van der Waals surface area contributed by atoms with E-state index in [9.17, 15) is 18.0 Å². The van der Waals surface area contributed by atoms with Gasteiger partial charge in [0.2, 0.25) is 0 Å². The molecule has 0 atom stereocenters. The number of benzene rings is 2. The second-order valence-corrected chi connectivity index (χ2v) is 4.57. The van der Waals surface area contributed by atoms with Crippen molar-refractivity contribution in [1.82, 2.24) is 0 Å². The predicted octanol–water partition coefficient (Wildman–Crippen LogP) is 4.09. The Morgan fingerprint density at radius 3 is 2.17 bits per heavy atom. The molecular formula is C16H9F3N4O. The molecule has 0 saturated carbocycles. The first-order chi connectivity index (χ1) is 11.4. The molecule has 2 aromatic carbocycles. The van der Waals surface area contributed by atoms with Gasteiger partial charge in [-0.05, 0) is 24.3 Å². The van der Waals surface area contributed by atoms with Crippen LogP contribution in [0.1, 0.15) is 16.7 Å². The molecule has 2 rings (SSSR count). The second kappa shape index (κ2) is 6.71. The van der Waals surface area contributed by atoms with E-state index in [1.807, 2.05) is 0 Å². The number of alkyl halides is 3. The van der Waals surface area contributed by atoms with Gasteiger partial charge in [-0.3, -0.25) is 0 Å². The number of nitrogens with zero attached hydrogens (tertiary/aromatic N) is 2. The summed E-state index contributed by atoms with van der Waals surface area (Å²) in [5, 5.41) is 22.3. The Hall–Kier alpha value is -3.52. The van der Waals surface area contributed by atoms with Crippen LogP contribution in [0, 0.1) is 22.7 Å². The maximum atomic E-state index is 12.9. The highest BCUT2D eigenvalue weighted by Gasteiger charge is 2.33. The number of urea groups is 1. The van der Waals surface area contributed by atoms with Crippen LogP contribution in [0.3, 0.4) is 0 Å². The third kappa shape index (κ3) is 3.62. The minimum Gasteiger partial charge on any atom is -0.307 e. The quantitative estimate of drug-likeness (QED) is 0.869. The van der Waals surface area contributed by atoms with Gasteiger partial charge in [-0.25, -0.2) is 4.79 Å².